The van der Waals surface area contributed by atoms with Gasteiger partial charge in [-0.15, -0.1) is 0 Å². The Labute approximate surface area is 318 Å². The van der Waals surface area contributed by atoms with Crippen LogP contribution in [0, 0.1) is 0 Å². The maximum atomic E-state index is 10.3. The number of aliphatic hydroxyl groups is 1. The molecule has 1 fully saturated rings. The number of pyridine rings is 1. The summed E-state index contributed by atoms with van der Waals surface area (Å²) in [4.78, 5) is 12.5. The minimum atomic E-state index is -1.31. The molecule has 1 aliphatic rings. The number of benzene rings is 1. The molecule has 5 rings (SSSR count). The maximum Gasteiger partial charge on any atom is 0.165 e. The smallest absolute Gasteiger partial charge is 0.165 e. The van der Waals surface area contributed by atoms with Crippen molar-refractivity contribution in [2.45, 2.75) is 95.5 Å². The lowest BCUT2D eigenvalue weighted by molar-refractivity contribution is -0.0785. The van der Waals surface area contributed by atoms with Crippen molar-refractivity contribution in [2.75, 3.05) is 51.9 Å². The lowest BCUT2D eigenvalue weighted by atomic mass is 9.77. The van der Waals surface area contributed by atoms with Gasteiger partial charge in [-0.1, -0.05) is 75.7 Å². The van der Waals surface area contributed by atoms with E-state index in [1.165, 1.54) is 0 Å². The highest BCUT2D eigenvalue weighted by molar-refractivity contribution is 6.76. The fraction of sp³-hybridized carbons (Fsp3) is 0.537. The normalized spacial score (nSPS) is 18.2. The second-order valence-electron chi connectivity index (χ2n) is 16.6. The van der Waals surface area contributed by atoms with E-state index in [2.05, 4.69) is 68.4 Å². The zero-order chi connectivity index (χ0) is 38.1. The molecule has 0 amide bonds. The largest absolute Gasteiger partial charge is 0.501 e. The molecule has 4 aromatic rings. The molecular formula is C41H61N5O5Si2. The Hall–Kier alpha value is -3.40. The first-order valence-electron chi connectivity index (χ1n) is 19.1. The number of ether oxygens (including phenoxy) is 4. The van der Waals surface area contributed by atoms with Crippen LogP contribution in [0.15, 0.2) is 61.1 Å². The van der Waals surface area contributed by atoms with Crippen molar-refractivity contribution in [3.8, 4) is 22.4 Å². The van der Waals surface area contributed by atoms with Crippen LogP contribution in [-0.2, 0) is 18.9 Å². The van der Waals surface area contributed by atoms with E-state index in [9.17, 15) is 5.11 Å². The predicted molar refractivity (Wildman–Crippen MR) is 221 cm³/mol. The van der Waals surface area contributed by atoms with Crippen LogP contribution in [0.3, 0.4) is 0 Å². The molecule has 1 saturated carbocycles. The van der Waals surface area contributed by atoms with Gasteiger partial charge in [-0.2, -0.15) is 9.61 Å². The van der Waals surface area contributed by atoms with Gasteiger partial charge in [0.2, 0.25) is 0 Å². The summed E-state index contributed by atoms with van der Waals surface area (Å²) in [6.45, 7) is 18.8. The monoisotopic (exact) mass is 759 g/mol. The van der Waals surface area contributed by atoms with Gasteiger partial charge in [0.1, 0.15) is 19.3 Å². The number of methoxy groups -OCH3 is 1. The molecule has 0 unspecified atom stereocenters. The predicted octanol–water partition coefficient (Wildman–Crippen LogP) is 8.93. The van der Waals surface area contributed by atoms with Crippen LogP contribution in [0.4, 0.5) is 5.82 Å². The molecule has 288 valence electrons. The Morgan fingerprint density at radius 3 is 2.11 bits per heavy atom. The fourth-order valence-electron chi connectivity index (χ4n) is 6.64. The molecule has 0 atom stereocenters. The summed E-state index contributed by atoms with van der Waals surface area (Å²) in [5.41, 5.74) is 5.93. The van der Waals surface area contributed by atoms with Gasteiger partial charge in [0.25, 0.3) is 0 Å². The van der Waals surface area contributed by atoms with Gasteiger partial charge < -0.3 is 29.0 Å². The number of hydrogen-bond acceptors (Lipinski definition) is 9. The third-order valence-electron chi connectivity index (χ3n) is 10.1. The van der Waals surface area contributed by atoms with Crippen LogP contribution in [0.2, 0.25) is 51.4 Å². The molecule has 3 aromatic heterocycles. The number of aromatic nitrogens is 4. The van der Waals surface area contributed by atoms with Gasteiger partial charge in [-0.25, -0.2) is 4.98 Å². The summed E-state index contributed by atoms with van der Waals surface area (Å²) in [6.07, 6.45) is 10.7. The highest BCUT2D eigenvalue weighted by Gasteiger charge is 2.37. The molecule has 0 radical (unpaired) electrons. The topological polar surface area (TPSA) is 103 Å². The van der Waals surface area contributed by atoms with Crippen LogP contribution >= 0.6 is 0 Å². The van der Waals surface area contributed by atoms with Gasteiger partial charge in [0.15, 0.2) is 5.65 Å². The average molecular weight is 760 g/mol. The number of hydrogen-bond donors (Lipinski definition) is 1. The van der Waals surface area contributed by atoms with Gasteiger partial charge >= 0.3 is 0 Å². The van der Waals surface area contributed by atoms with Crippen LogP contribution in [0.5, 0.6) is 0 Å². The molecule has 0 spiro atoms. The van der Waals surface area contributed by atoms with Crippen LogP contribution in [0.25, 0.3) is 34.1 Å². The first-order valence-corrected chi connectivity index (χ1v) is 26.6. The van der Waals surface area contributed by atoms with Crippen molar-refractivity contribution >= 4 is 33.7 Å². The van der Waals surface area contributed by atoms with E-state index in [1.807, 2.05) is 48.1 Å². The second-order valence-corrected chi connectivity index (χ2v) is 27.9. The number of aliphatic hydroxyl groups excluding tert-OH is 1. The third-order valence-corrected chi connectivity index (χ3v) is 13.5. The summed E-state index contributed by atoms with van der Waals surface area (Å²) < 4.78 is 26.5. The van der Waals surface area contributed by atoms with Crippen molar-refractivity contribution in [1.82, 2.24) is 19.6 Å². The Kier molecular flexibility index (Phi) is 14.1. The van der Waals surface area contributed by atoms with E-state index in [0.717, 1.165) is 82.9 Å². The Morgan fingerprint density at radius 2 is 1.57 bits per heavy atom. The zero-order valence-electron chi connectivity index (χ0n) is 33.2. The highest BCUT2D eigenvalue weighted by atomic mass is 28.3. The summed E-state index contributed by atoms with van der Waals surface area (Å²) in [5.74, 6) is 0.978. The maximum absolute atomic E-state index is 10.3. The third kappa shape index (κ3) is 10.9. The first-order chi connectivity index (χ1) is 25.4. The van der Waals surface area contributed by atoms with E-state index < -0.39 is 21.7 Å². The second kappa shape index (κ2) is 18.3. The average Bonchev–Trinajstić information content (AvgIpc) is 3.57. The van der Waals surface area contributed by atoms with Gasteiger partial charge in [-0.05, 0) is 56.8 Å². The quantitative estimate of drug-likeness (QED) is 0.0435. The van der Waals surface area contributed by atoms with Crippen LogP contribution in [-0.4, -0.2) is 93.4 Å². The molecule has 12 heteroatoms. The lowest BCUT2D eigenvalue weighted by Crippen LogP contribution is -2.39. The molecule has 1 aliphatic carbocycles. The van der Waals surface area contributed by atoms with Crippen molar-refractivity contribution < 1.29 is 24.1 Å². The summed E-state index contributed by atoms with van der Waals surface area (Å²) >= 11 is 0. The first kappa shape index (κ1) is 40.8. The molecular weight excluding hydrogens is 699 g/mol. The Morgan fingerprint density at radius 1 is 0.906 bits per heavy atom. The van der Waals surface area contributed by atoms with E-state index >= 15 is 0 Å². The molecule has 53 heavy (non-hydrogen) atoms. The molecule has 1 N–H and O–H groups in total. The van der Waals surface area contributed by atoms with E-state index in [4.69, 9.17) is 34.0 Å². The summed E-state index contributed by atoms with van der Waals surface area (Å²) in [5, 5.41) is 15.3. The lowest BCUT2D eigenvalue weighted by Gasteiger charge is -2.38. The van der Waals surface area contributed by atoms with Gasteiger partial charge in [0, 0.05) is 70.8 Å². The summed E-state index contributed by atoms with van der Waals surface area (Å²) in [6, 6.07) is 16.5. The molecule has 10 nitrogen and oxygen atoms in total. The van der Waals surface area contributed by atoms with E-state index in [0.29, 0.717) is 33.3 Å². The number of fused-ring (bicyclic) bond motifs is 1. The van der Waals surface area contributed by atoms with E-state index in [1.54, 1.807) is 13.4 Å². The molecule has 0 aliphatic heterocycles. The van der Waals surface area contributed by atoms with Crippen LogP contribution in [0.1, 0.15) is 49.8 Å². The number of rotatable bonds is 19. The fourth-order valence-corrected chi connectivity index (χ4v) is 8.16. The minimum Gasteiger partial charge on any atom is -0.501 e. The number of anilines is 1. The summed E-state index contributed by atoms with van der Waals surface area (Å²) in [7, 11) is -0.911. The molecule has 0 bridgehead atoms. The molecule has 0 saturated heterocycles. The minimum absolute atomic E-state index is 0.00107. The SMILES string of the molecule is CCO/C=C\c1c(C2CCC(CO)(OC)CC2)nc2c(-c3ccc(-c4ccccc4)nc3)cnn2c1N(COCC[Si](C)(C)C)COCC[Si](C)(C)C. The van der Waals surface area contributed by atoms with Crippen molar-refractivity contribution in [2.24, 2.45) is 0 Å². The Bertz CT molecular complexity index is 1730. The van der Waals surface area contributed by atoms with Crippen LogP contribution < -0.4 is 4.90 Å². The molecule has 3 heterocycles. The number of nitrogens with zero attached hydrogens (tertiary/aromatic N) is 5. The van der Waals surface area contributed by atoms with Gasteiger partial charge in [0.05, 0.1) is 42.7 Å². The Balaban J connectivity index is 1.65. The van der Waals surface area contributed by atoms with Crippen molar-refractivity contribution in [3.63, 3.8) is 0 Å². The van der Waals surface area contributed by atoms with Crippen molar-refractivity contribution in [1.29, 1.82) is 0 Å². The van der Waals surface area contributed by atoms with E-state index in [-0.39, 0.29) is 12.5 Å². The standard InChI is InChI=1S/C41H61N5O5Si2/c1-9-49-22-19-35-38(33-17-20-41(29-47,48-2)21-18-33)44-39-36(34-15-16-37(42-27-34)32-13-11-10-12-14-32)28-43-46(39)40(35)45(30-50-23-25-52(3,4)5)31-51-24-26-53(6,7)8/h10-16,19,22,27-28,33,47H,9,17-18,20-21,23-26,29-31H2,1-8H3/b22-19-. The highest BCUT2D eigenvalue weighted by Crippen LogP contribution is 2.43. The zero-order valence-corrected chi connectivity index (χ0v) is 35.2. The van der Waals surface area contributed by atoms with Crippen molar-refractivity contribution in [3.05, 3.63) is 72.4 Å². The molecule has 1 aromatic carbocycles. The van der Waals surface area contributed by atoms with Gasteiger partial charge in [-0.3, -0.25) is 4.98 Å².